The van der Waals surface area contributed by atoms with Crippen LogP contribution in [0.15, 0.2) is 115 Å². The maximum absolute atomic E-state index is 9.75. The number of hydrogen-bond donors (Lipinski definition) is 0. The maximum atomic E-state index is 9.75. The fraction of sp³-hybridized carbons (Fsp3) is 0.0400. The molecule has 0 aliphatic heterocycles. The fourth-order valence-electron chi connectivity index (χ4n) is 3.62. The van der Waals surface area contributed by atoms with Gasteiger partial charge in [0.1, 0.15) is 0 Å². The molecule has 0 spiro atoms. The van der Waals surface area contributed by atoms with Crippen LogP contribution in [0.3, 0.4) is 0 Å². The Bertz CT molecular complexity index is 965. The van der Waals surface area contributed by atoms with Gasteiger partial charge in [0.2, 0.25) is 0 Å². The number of benzene rings is 4. The summed E-state index contributed by atoms with van der Waals surface area (Å²) in [5, 5.41) is 0. The molecule has 0 atom stereocenters. The van der Waals surface area contributed by atoms with Crippen molar-refractivity contribution < 1.29 is 17.3 Å². The van der Waals surface area contributed by atoms with Gasteiger partial charge in [-0.15, -0.1) is 0 Å². The van der Waals surface area contributed by atoms with Crippen LogP contribution < -0.4 is 14.0 Å². The third-order valence-corrected chi connectivity index (χ3v) is 17.1. The van der Waals surface area contributed by atoms with Crippen LogP contribution >= 0.6 is 0 Å². The van der Waals surface area contributed by atoms with Crippen LogP contribution in [0.4, 0.5) is 17.3 Å². The SMILES string of the molecule is Cc1cc[c]([Sb+]([c]2ccccc2)([c]2ccccc2)[c]2ccccc2)cc1.F[B-](F)(F)F. The van der Waals surface area contributed by atoms with Gasteiger partial charge < -0.3 is 17.3 Å². The molecule has 31 heavy (non-hydrogen) atoms. The Hall–Kier alpha value is -2.52. The molecule has 158 valence electrons. The zero-order valence-electron chi connectivity index (χ0n) is 17.0. The first-order valence-corrected chi connectivity index (χ1v) is 14.9. The van der Waals surface area contributed by atoms with Crippen molar-refractivity contribution in [1.29, 1.82) is 0 Å². The van der Waals surface area contributed by atoms with Crippen LogP contribution in [0.25, 0.3) is 0 Å². The summed E-state index contributed by atoms with van der Waals surface area (Å²) >= 11 is -3.20. The molecule has 6 heteroatoms. The van der Waals surface area contributed by atoms with Gasteiger partial charge in [-0.1, -0.05) is 0 Å². The summed E-state index contributed by atoms with van der Waals surface area (Å²) < 4.78 is 44.9. The summed E-state index contributed by atoms with van der Waals surface area (Å²) in [6, 6.07) is 42.6. The molecule has 0 amide bonds. The predicted octanol–water partition coefficient (Wildman–Crippen LogP) is 4.67. The molecule has 0 bridgehead atoms. The topological polar surface area (TPSA) is 0 Å². The summed E-state index contributed by atoms with van der Waals surface area (Å²) in [6.45, 7) is 2.16. The summed E-state index contributed by atoms with van der Waals surface area (Å²) in [5.41, 5.74) is 1.31. The molecule has 0 fully saturated rings. The van der Waals surface area contributed by atoms with Gasteiger partial charge in [0.05, 0.1) is 0 Å². The van der Waals surface area contributed by atoms with E-state index in [2.05, 4.69) is 122 Å². The van der Waals surface area contributed by atoms with Gasteiger partial charge in [-0.05, 0) is 0 Å². The average molecular weight is 531 g/mol. The van der Waals surface area contributed by atoms with Crippen molar-refractivity contribution in [3.8, 4) is 0 Å². The molecule has 4 aromatic rings. The zero-order chi connectivity index (χ0) is 22.3. The van der Waals surface area contributed by atoms with E-state index in [1.165, 1.54) is 19.6 Å². The van der Waals surface area contributed by atoms with Crippen molar-refractivity contribution in [3.05, 3.63) is 121 Å². The van der Waals surface area contributed by atoms with E-state index < -0.39 is 26.1 Å². The first-order valence-electron chi connectivity index (χ1n) is 9.82. The second-order valence-corrected chi connectivity index (χ2v) is 16.7. The van der Waals surface area contributed by atoms with Crippen molar-refractivity contribution in [2.75, 3.05) is 0 Å². The van der Waals surface area contributed by atoms with E-state index in [0.29, 0.717) is 0 Å². The minimum atomic E-state index is -6.00. The molecule has 0 aliphatic rings. The first-order chi connectivity index (χ1) is 14.8. The molecule has 4 rings (SSSR count). The van der Waals surface area contributed by atoms with Gasteiger partial charge in [0.15, 0.2) is 0 Å². The Morgan fingerprint density at radius 3 is 1.00 bits per heavy atom. The van der Waals surface area contributed by atoms with Gasteiger partial charge >= 0.3 is 168 Å². The van der Waals surface area contributed by atoms with E-state index in [-0.39, 0.29) is 0 Å². The molecular formula is C25H22BF4Sb. The summed E-state index contributed by atoms with van der Waals surface area (Å²) in [7, 11) is -6.00. The van der Waals surface area contributed by atoms with Crippen LogP contribution in [-0.2, 0) is 0 Å². The molecule has 0 radical (unpaired) electrons. The molecule has 4 aromatic carbocycles. The first kappa shape index (κ1) is 23.2. The minimum Gasteiger partial charge on any atom is -0.418 e. The monoisotopic (exact) mass is 530 g/mol. The molecule has 0 nitrogen and oxygen atoms in total. The third-order valence-electron chi connectivity index (χ3n) is 4.85. The van der Waals surface area contributed by atoms with Crippen LogP contribution in [0.2, 0.25) is 0 Å². The molecule has 0 unspecified atom stereocenters. The molecule has 0 saturated heterocycles. The summed E-state index contributed by atoms with van der Waals surface area (Å²) in [4.78, 5) is 0. The standard InChI is InChI=1S/C7H7.3C6H5.BF4.Sb/c1-7-5-3-2-4-6-7;3*1-2-4-6-5-3-1;2-1(3,4)5;/h3-6H,1H3;3*1-5H;;/q;;;;-1;+1. The molecular weight excluding hydrogens is 509 g/mol. The van der Waals surface area contributed by atoms with Crippen LogP contribution in [0.5, 0.6) is 0 Å². The molecule has 0 N–H and O–H groups in total. The Morgan fingerprint density at radius 2 is 0.710 bits per heavy atom. The summed E-state index contributed by atoms with van der Waals surface area (Å²) in [5.74, 6) is 0. The Kier molecular flexibility index (Phi) is 7.61. The Labute approximate surface area is 184 Å². The third kappa shape index (κ3) is 5.80. The molecule has 0 aromatic heterocycles. The zero-order valence-corrected chi connectivity index (χ0v) is 19.6. The van der Waals surface area contributed by atoms with Crippen LogP contribution in [0, 0.1) is 6.92 Å². The normalized spacial score (nSPS) is 11.4. The Morgan fingerprint density at radius 1 is 0.452 bits per heavy atom. The number of halogens is 4. The largest absolute Gasteiger partial charge is 0.673 e. The quantitative estimate of drug-likeness (QED) is 0.266. The van der Waals surface area contributed by atoms with Crippen molar-refractivity contribution >= 4 is 40.1 Å². The van der Waals surface area contributed by atoms with Gasteiger partial charge in [0, 0.05) is 0 Å². The molecule has 0 saturated carbocycles. The van der Waals surface area contributed by atoms with Crippen molar-refractivity contribution in [2.24, 2.45) is 0 Å². The second-order valence-electron chi connectivity index (χ2n) is 7.01. The van der Waals surface area contributed by atoms with E-state index in [4.69, 9.17) is 0 Å². The fourth-order valence-corrected chi connectivity index (χ4v) is 15.7. The van der Waals surface area contributed by atoms with E-state index >= 15 is 0 Å². The van der Waals surface area contributed by atoms with E-state index in [1.807, 2.05) is 0 Å². The van der Waals surface area contributed by atoms with E-state index in [9.17, 15) is 17.3 Å². The summed E-state index contributed by atoms with van der Waals surface area (Å²) in [6.07, 6.45) is 0. The number of aryl methyl sites for hydroxylation is 1. The van der Waals surface area contributed by atoms with E-state index in [1.54, 1.807) is 0 Å². The van der Waals surface area contributed by atoms with Crippen LogP contribution in [-0.4, -0.2) is 26.1 Å². The van der Waals surface area contributed by atoms with Crippen molar-refractivity contribution in [3.63, 3.8) is 0 Å². The maximum Gasteiger partial charge on any atom is 0.673 e. The van der Waals surface area contributed by atoms with Gasteiger partial charge in [-0.2, -0.15) is 0 Å². The van der Waals surface area contributed by atoms with Gasteiger partial charge in [-0.25, -0.2) is 0 Å². The van der Waals surface area contributed by atoms with Crippen molar-refractivity contribution in [2.45, 2.75) is 6.92 Å². The van der Waals surface area contributed by atoms with Crippen molar-refractivity contribution in [1.82, 2.24) is 0 Å². The predicted molar refractivity (Wildman–Crippen MR) is 125 cm³/mol. The number of rotatable bonds is 4. The second kappa shape index (κ2) is 10.2. The minimum absolute atomic E-state index is 1.31. The molecule has 0 aliphatic carbocycles. The molecule has 0 heterocycles. The number of hydrogen-bond acceptors (Lipinski definition) is 0. The van der Waals surface area contributed by atoms with E-state index in [0.717, 1.165) is 0 Å². The Balaban J connectivity index is 0.000000491. The smallest absolute Gasteiger partial charge is 0.418 e. The average Bonchev–Trinajstić information content (AvgIpc) is 2.77. The van der Waals surface area contributed by atoms with Gasteiger partial charge in [-0.3, -0.25) is 0 Å². The van der Waals surface area contributed by atoms with Crippen LogP contribution in [0.1, 0.15) is 5.56 Å². The van der Waals surface area contributed by atoms with Gasteiger partial charge in [0.25, 0.3) is 0 Å².